The van der Waals surface area contributed by atoms with Gasteiger partial charge in [0, 0.05) is 43.2 Å². The van der Waals surface area contributed by atoms with Gasteiger partial charge in [0.1, 0.15) is 5.75 Å². The monoisotopic (exact) mass is 448 g/mol. The van der Waals surface area contributed by atoms with E-state index in [1.54, 1.807) is 6.07 Å². The second-order valence-corrected chi connectivity index (χ2v) is 10.9. The van der Waals surface area contributed by atoms with Gasteiger partial charge in [-0.05, 0) is 60.1 Å². The molecule has 3 atom stereocenters. The van der Waals surface area contributed by atoms with Gasteiger partial charge in [-0.2, -0.15) is 0 Å². The van der Waals surface area contributed by atoms with E-state index in [1.807, 2.05) is 18.2 Å². The van der Waals surface area contributed by atoms with Gasteiger partial charge in [-0.25, -0.2) is 0 Å². The number of nitrogens with zero attached hydrogens (tertiary/aromatic N) is 2. The number of hydrogen-bond acceptors (Lipinski definition) is 4. The molecule has 1 unspecified atom stereocenters. The zero-order valence-electron chi connectivity index (χ0n) is 20.3. The van der Waals surface area contributed by atoms with Crippen LogP contribution in [-0.2, 0) is 23.1 Å². The van der Waals surface area contributed by atoms with Gasteiger partial charge in [0.25, 0.3) is 5.91 Å². The van der Waals surface area contributed by atoms with Crippen LogP contribution >= 0.6 is 0 Å². The van der Waals surface area contributed by atoms with Crippen LogP contribution in [0.5, 0.6) is 5.75 Å². The number of rotatable bonds is 3. The summed E-state index contributed by atoms with van der Waals surface area (Å²) >= 11 is 0. The van der Waals surface area contributed by atoms with Gasteiger partial charge in [0.05, 0.1) is 12.7 Å². The zero-order chi connectivity index (χ0) is 23.4. The number of phenolic OH excluding ortho intramolecular Hbond substituents is 1. The molecule has 0 spiro atoms. The van der Waals surface area contributed by atoms with Crippen molar-refractivity contribution in [1.82, 2.24) is 9.80 Å². The van der Waals surface area contributed by atoms with Crippen LogP contribution in [0, 0.1) is 5.41 Å². The largest absolute Gasteiger partial charge is 0.508 e. The summed E-state index contributed by atoms with van der Waals surface area (Å²) in [5.74, 6) is 0.454. The van der Waals surface area contributed by atoms with Gasteiger partial charge in [-0.15, -0.1) is 0 Å². The molecule has 2 heterocycles. The summed E-state index contributed by atoms with van der Waals surface area (Å²) in [4.78, 5) is 18.1. The Morgan fingerprint density at radius 3 is 2.61 bits per heavy atom. The van der Waals surface area contributed by atoms with Crippen molar-refractivity contribution in [2.24, 2.45) is 5.41 Å². The molecule has 0 aromatic heterocycles. The highest BCUT2D eigenvalue weighted by molar-refractivity contribution is 5.94. The molecule has 1 aliphatic carbocycles. The van der Waals surface area contributed by atoms with Gasteiger partial charge < -0.3 is 14.7 Å². The Morgan fingerprint density at radius 2 is 1.88 bits per heavy atom. The molecule has 2 fully saturated rings. The van der Waals surface area contributed by atoms with E-state index in [-0.39, 0.29) is 28.9 Å². The van der Waals surface area contributed by atoms with Crippen molar-refractivity contribution < 1.29 is 14.6 Å². The summed E-state index contributed by atoms with van der Waals surface area (Å²) in [5.41, 5.74) is 4.07. The molecule has 5 nitrogen and oxygen atoms in total. The normalized spacial score (nSPS) is 28.9. The Labute approximate surface area is 197 Å². The third-order valence-electron chi connectivity index (χ3n) is 8.82. The third-order valence-corrected chi connectivity index (χ3v) is 8.82. The van der Waals surface area contributed by atoms with Crippen LogP contribution in [-0.4, -0.2) is 59.2 Å². The fourth-order valence-corrected chi connectivity index (χ4v) is 6.38. The fourth-order valence-electron chi connectivity index (χ4n) is 6.38. The lowest BCUT2D eigenvalue weighted by atomic mass is 9.51. The van der Waals surface area contributed by atoms with Crippen molar-refractivity contribution in [2.75, 3.05) is 26.2 Å². The first-order valence-electron chi connectivity index (χ1n) is 12.3. The molecule has 0 saturated carbocycles. The highest BCUT2D eigenvalue weighted by Gasteiger charge is 2.57. The Kier molecular flexibility index (Phi) is 5.53. The van der Waals surface area contributed by atoms with Gasteiger partial charge in [0.15, 0.2) is 0 Å². The number of aromatic hydroxyl groups is 1. The zero-order valence-corrected chi connectivity index (χ0v) is 20.3. The molecule has 2 aromatic rings. The Hall–Kier alpha value is -2.37. The number of hydrogen-bond donors (Lipinski definition) is 1. The smallest absolute Gasteiger partial charge is 0.254 e. The van der Waals surface area contributed by atoms with Crippen molar-refractivity contribution in [1.29, 1.82) is 0 Å². The summed E-state index contributed by atoms with van der Waals surface area (Å²) in [6.45, 7) is 13.3. The molecule has 5 heteroatoms. The first-order valence-corrected chi connectivity index (χ1v) is 12.3. The third kappa shape index (κ3) is 3.66. The number of phenols is 1. The first kappa shape index (κ1) is 22.4. The average molecular weight is 449 g/mol. The minimum Gasteiger partial charge on any atom is -0.508 e. The number of piperidine rings is 1. The molecule has 0 radical (unpaired) electrons. The number of carbonyl (C=O) groups excluding carboxylic acids is 1. The van der Waals surface area contributed by atoms with Crippen LogP contribution in [0.2, 0.25) is 0 Å². The van der Waals surface area contributed by atoms with E-state index < -0.39 is 0 Å². The molecule has 2 bridgehead atoms. The maximum absolute atomic E-state index is 13.7. The van der Waals surface area contributed by atoms with Crippen LogP contribution in [0.25, 0.3) is 0 Å². The van der Waals surface area contributed by atoms with Crippen molar-refractivity contribution in [3.8, 4) is 5.75 Å². The van der Waals surface area contributed by atoms with E-state index >= 15 is 0 Å². The second-order valence-electron chi connectivity index (χ2n) is 10.9. The summed E-state index contributed by atoms with van der Waals surface area (Å²) in [5, 5.41) is 10.6. The molecular weight excluding hydrogens is 412 g/mol. The Balaban J connectivity index is 1.37. The standard InChI is InChI=1S/C28H36N2O3/c1-19-17-29(14-15-33-19)18-20-8-10-21(11-9-20)26(32)30-13-12-28(4)23-6-5-7-24(31)22(23)16-25(30)27(28,2)3/h5-11,19,25,31H,12-18H2,1-4H3/t19?,25-,28+/m1/s1. The molecule has 176 valence electrons. The van der Waals surface area contributed by atoms with E-state index in [4.69, 9.17) is 4.74 Å². The maximum atomic E-state index is 13.7. The van der Waals surface area contributed by atoms with E-state index in [9.17, 15) is 9.90 Å². The predicted molar refractivity (Wildman–Crippen MR) is 130 cm³/mol. The summed E-state index contributed by atoms with van der Waals surface area (Å²) < 4.78 is 5.64. The Bertz CT molecular complexity index is 1050. The molecule has 1 N–H and O–H groups in total. The number of carbonyl (C=O) groups is 1. The van der Waals surface area contributed by atoms with Gasteiger partial charge >= 0.3 is 0 Å². The molecule has 33 heavy (non-hydrogen) atoms. The van der Waals surface area contributed by atoms with Crippen LogP contribution < -0.4 is 0 Å². The van der Waals surface area contributed by atoms with Crippen molar-refractivity contribution >= 4 is 5.91 Å². The average Bonchev–Trinajstić information content (AvgIpc) is 2.77. The number of amides is 1. The lowest BCUT2D eigenvalue weighted by Gasteiger charge is -2.60. The van der Waals surface area contributed by atoms with Crippen LogP contribution in [0.4, 0.5) is 0 Å². The minimum absolute atomic E-state index is 0.0547. The number of morpholine rings is 1. The van der Waals surface area contributed by atoms with Gasteiger partial charge in [-0.3, -0.25) is 9.69 Å². The van der Waals surface area contributed by atoms with Crippen molar-refractivity contribution in [3.05, 3.63) is 64.7 Å². The molecule has 2 aliphatic heterocycles. The molecular formula is C28H36N2O3. The minimum atomic E-state index is -0.0886. The SMILES string of the molecule is CC1CN(Cc2ccc(C(=O)N3CC[C@@]4(C)c5cccc(O)c5C[C@@H]3C4(C)C)cc2)CCO1. The van der Waals surface area contributed by atoms with E-state index in [1.165, 1.54) is 11.1 Å². The molecule has 3 aliphatic rings. The highest BCUT2D eigenvalue weighted by atomic mass is 16.5. The topological polar surface area (TPSA) is 53.0 Å². The molecule has 1 amide bonds. The quantitative estimate of drug-likeness (QED) is 0.758. The van der Waals surface area contributed by atoms with Gasteiger partial charge in [-0.1, -0.05) is 45.0 Å². The van der Waals surface area contributed by atoms with Crippen molar-refractivity contribution in [3.63, 3.8) is 0 Å². The summed E-state index contributed by atoms with van der Waals surface area (Å²) in [7, 11) is 0. The summed E-state index contributed by atoms with van der Waals surface area (Å²) in [6, 6.07) is 14.1. The predicted octanol–water partition coefficient (Wildman–Crippen LogP) is 4.37. The number of ether oxygens (including phenoxy) is 1. The summed E-state index contributed by atoms with van der Waals surface area (Å²) in [6.07, 6.45) is 1.86. The van der Waals surface area contributed by atoms with Crippen LogP contribution in [0.3, 0.4) is 0 Å². The van der Waals surface area contributed by atoms with E-state index in [2.05, 4.69) is 55.7 Å². The lowest BCUT2D eigenvalue weighted by Crippen LogP contribution is -2.64. The molecule has 2 aromatic carbocycles. The maximum Gasteiger partial charge on any atom is 0.254 e. The Morgan fingerprint density at radius 1 is 1.12 bits per heavy atom. The van der Waals surface area contributed by atoms with Crippen molar-refractivity contribution in [2.45, 2.75) is 64.6 Å². The van der Waals surface area contributed by atoms with E-state index in [0.717, 1.165) is 50.3 Å². The number of benzene rings is 2. The first-order chi connectivity index (χ1) is 15.7. The van der Waals surface area contributed by atoms with Crippen LogP contribution in [0.15, 0.2) is 42.5 Å². The second kappa shape index (κ2) is 8.14. The van der Waals surface area contributed by atoms with E-state index in [0.29, 0.717) is 12.2 Å². The fraction of sp³-hybridized carbons (Fsp3) is 0.536. The number of fused-ring (bicyclic) bond motifs is 4. The molecule has 2 saturated heterocycles. The van der Waals surface area contributed by atoms with Crippen LogP contribution in [0.1, 0.15) is 61.2 Å². The highest BCUT2D eigenvalue weighted by Crippen LogP contribution is 2.57. The molecule has 5 rings (SSSR count). The van der Waals surface area contributed by atoms with Gasteiger partial charge in [0.2, 0.25) is 0 Å². The number of likely N-dealkylation sites (tertiary alicyclic amines) is 1. The lowest BCUT2D eigenvalue weighted by molar-refractivity contribution is -0.0266.